The predicted octanol–water partition coefficient (Wildman–Crippen LogP) is 5.15. The number of alkyl halides is 1. The second kappa shape index (κ2) is 16.5. The first-order chi connectivity index (χ1) is 12.0. The van der Waals surface area contributed by atoms with Gasteiger partial charge in [0.1, 0.15) is 6.04 Å². The topological polar surface area (TPSA) is 55.8 Å². The molecule has 0 saturated carbocycles. The largest absolute Gasteiger partial charge is 0.464 e. The van der Waals surface area contributed by atoms with Gasteiger partial charge in [0.15, 0.2) is 0 Å². The number of halogens is 1. The lowest BCUT2D eigenvalue weighted by Gasteiger charge is -2.22. The molecule has 6 heteroatoms. The maximum atomic E-state index is 12.0. The number of likely N-dealkylation sites (N-methyl/N-ethyl adjacent to an activating group) is 1. The van der Waals surface area contributed by atoms with Gasteiger partial charge in [-0.2, -0.15) is 0 Å². The SMILES string of the molecule is CCCCCCCCCCCOC(=O)C(C)N(C)C(=O)OCCCCl. The lowest BCUT2D eigenvalue weighted by Crippen LogP contribution is -2.41. The number of ether oxygens (including phenoxy) is 2. The molecular formula is C19H36ClNO4. The van der Waals surface area contributed by atoms with Crippen LogP contribution in [0.4, 0.5) is 4.79 Å². The van der Waals surface area contributed by atoms with Crippen molar-refractivity contribution >= 4 is 23.7 Å². The van der Waals surface area contributed by atoms with Crippen molar-refractivity contribution in [3.05, 3.63) is 0 Å². The molecule has 1 amide bonds. The Hall–Kier alpha value is -0.970. The molecule has 148 valence electrons. The van der Waals surface area contributed by atoms with Gasteiger partial charge in [0, 0.05) is 12.9 Å². The third kappa shape index (κ3) is 13.0. The van der Waals surface area contributed by atoms with Crippen LogP contribution in [0.25, 0.3) is 0 Å². The standard InChI is InChI=1S/C19H36ClNO4/c1-4-5-6-7-8-9-10-11-12-15-24-18(22)17(2)21(3)19(23)25-16-13-14-20/h17H,4-16H2,1-3H3. The number of carbonyl (C=O) groups is 2. The number of hydrogen-bond acceptors (Lipinski definition) is 4. The van der Waals surface area contributed by atoms with Gasteiger partial charge in [-0.15, -0.1) is 11.6 Å². The summed E-state index contributed by atoms with van der Waals surface area (Å²) in [6, 6.07) is -0.651. The Bertz CT molecular complexity index is 352. The van der Waals surface area contributed by atoms with E-state index in [1.54, 1.807) is 6.92 Å². The average Bonchev–Trinajstić information content (AvgIpc) is 2.61. The Balaban J connectivity index is 3.68. The summed E-state index contributed by atoms with van der Waals surface area (Å²) in [4.78, 5) is 25.0. The molecule has 0 radical (unpaired) electrons. The molecule has 0 aliphatic heterocycles. The lowest BCUT2D eigenvalue weighted by atomic mass is 10.1. The molecule has 0 N–H and O–H groups in total. The van der Waals surface area contributed by atoms with Crippen molar-refractivity contribution in [1.29, 1.82) is 0 Å². The van der Waals surface area contributed by atoms with Crippen LogP contribution in [0.5, 0.6) is 0 Å². The molecule has 0 aromatic rings. The minimum Gasteiger partial charge on any atom is -0.464 e. The number of esters is 1. The molecule has 0 saturated heterocycles. The monoisotopic (exact) mass is 377 g/mol. The van der Waals surface area contributed by atoms with E-state index >= 15 is 0 Å². The summed E-state index contributed by atoms with van der Waals surface area (Å²) in [5.41, 5.74) is 0. The van der Waals surface area contributed by atoms with Crippen LogP contribution in [0.2, 0.25) is 0 Å². The van der Waals surface area contributed by atoms with Crippen molar-refractivity contribution in [3.63, 3.8) is 0 Å². The quantitative estimate of drug-likeness (QED) is 0.225. The normalized spacial score (nSPS) is 11.8. The highest BCUT2D eigenvalue weighted by molar-refractivity contribution is 6.17. The second-order valence-electron chi connectivity index (χ2n) is 6.44. The molecule has 0 rings (SSSR count). The van der Waals surface area contributed by atoms with E-state index in [0.717, 1.165) is 12.8 Å². The molecule has 0 heterocycles. The van der Waals surface area contributed by atoms with Crippen molar-refractivity contribution in [2.24, 2.45) is 0 Å². The molecule has 1 atom stereocenters. The number of carbonyl (C=O) groups excluding carboxylic acids is 2. The number of rotatable bonds is 15. The zero-order chi connectivity index (χ0) is 18.9. The molecule has 0 aromatic carbocycles. The zero-order valence-electron chi connectivity index (χ0n) is 16.2. The maximum Gasteiger partial charge on any atom is 0.410 e. The molecule has 0 bridgehead atoms. The number of nitrogens with zero attached hydrogens (tertiary/aromatic N) is 1. The lowest BCUT2D eigenvalue weighted by molar-refractivity contribution is -0.148. The molecule has 0 spiro atoms. The van der Waals surface area contributed by atoms with Gasteiger partial charge in [-0.1, -0.05) is 58.3 Å². The van der Waals surface area contributed by atoms with Crippen molar-refractivity contribution in [2.45, 2.75) is 84.1 Å². The predicted molar refractivity (Wildman–Crippen MR) is 102 cm³/mol. The van der Waals surface area contributed by atoms with E-state index in [2.05, 4.69) is 6.92 Å². The fourth-order valence-corrected chi connectivity index (χ4v) is 2.45. The van der Waals surface area contributed by atoms with Gasteiger partial charge in [-0.3, -0.25) is 4.90 Å². The number of hydrogen-bond donors (Lipinski definition) is 0. The first-order valence-electron chi connectivity index (χ1n) is 9.66. The Morgan fingerprint density at radius 2 is 1.40 bits per heavy atom. The van der Waals surface area contributed by atoms with Gasteiger partial charge in [0.2, 0.25) is 0 Å². The van der Waals surface area contributed by atoms with Crippen molar-refractivity contribution in [2.75, 3.05) is 26.1 Å². The Kier molecular flexibility index (Phi) is 15.9. The number of amides is 1. The Morgan fingerprint density at radius 1 is 0.880 bits per heavy atom. The molecule has 0 fully saturated rings. The van der Waals surface area contributed by atoms with E-state index in [0.29, 0.717) is 18.9 Å². The van der Waals surface area contributed by atoms with Crippen molar-refractivity contribution in [1.82, 2.24) is 4.90 Å². The third-order valence-electron chi connectivity index (χ3n) is 4.21. The van der Waals surface area contributed by atoms with E-state index in [9.17, 15) is 9.59 Å². The molecule has 1 unspecified atom stereocenters. The summed E-state index contributed by atoms with van der Waals surface area (Å²) < 4.78 is 10.3. The van der Waals surface area contributed by atoms with E-state index in [4.69, 9.17) is 21.1 Å². The van der Waals surface area contributed by atoms with Crippen molar-refractivity contribution < 1.29 is 19.1 Å². The second-order valence-corrected chi connectivity index (χ2v) is 6.82. The first kappa shape index (κ1) is 24.0. The summed E-state index contributed by atoms with van der Waals surface area (Å²) in [5, 5.41) is 0. The summed E-state index contributed by atoms with van der Waals surface area (Å²) in [5.74, 6) is 0.0456. The zero-order valence-corrected chi connectivity index (χ0v) is 17.0. The highest BCUT2D eigenvalue weighted by atomic mass is 35.5. The summed E-state index contributed by atoms with van der Waals surface area (Å²) in [6.45, 7) is 4.53. The average molecular weight is 378 g/mol. The third-order valence-corrected chi connectivity index (χ3v) is 4.47. The molecule has 25 heavy (non-hydrogen) atoms. The smallest absolute Gasteiger partial charge is 0.410 e. The van der Waals surface area contributed by atoms with Crippen molar-refractivity contribution in [3.8, 4) is 0 Å². The Labute approximate surface area is 158 Å². The van der Waals surface area contributed by atoms with E-state index in [-0.39, 0.29) is 6.61 Å². The van der Waals surface area contributed by atoms with E-state index < -0.39 is 18.1 Å². The minimum absolute atomic E-state index is 0.257. The van der Waals surface area contributed by atoms with Crippen LogP contribution in [-0.4, -0.2) is 49.1 Å². The van der Waals surface area contributed by atoms with Crippen LogP contribution >= 0.6 is 11.6 Å². The van der Waals surface area contributed by atoms with Gasteiger partial charge >= 0.3 is 12.1 Å². The molecule has 0 aromatic heterocycles. The van der Waals surface area contributed by atoms with Crippen LogP contribution in [0.15, 0.2) is 0 Å². The Morgan fingerprint density at radius 3 is 1.96 bits per heavy atom. The van der Waals surface area contributed by atoms with E-state index in [1.807, 2.05) is 0 Å². The molecular weight excluding hydrogens is 342 g/mol. The van der Waals surface area contributed by atoms with Gasteiger partial charge in [0.05, 0.1) is 13.2 Å². The van der Waals surface area contributed by atoms with Gasteiger partial charge in [0.25, 0.3) is 0 Å². The van der Waals surface area contributed by atoms with Crippen LogP contribution in [0, 0.1) is 0 Å². The van der Waals surface area contributed by atoms with Crippen LogP contribution in [-0.2, 0) is 14.3 Å². The summed E-state index contributed by atoms with van der Waals surface area (Å²) in [6.07, 6.45) is 11.0. The minimum atomic E-state index is -0.651. The van der Waals surface area contributed by atoms with Gasteiger partial charge in [-0.25, -0.2) is 9.59 Å². The van der Waals surface area contributed by atoms with Crippen LogP contribution < -0.4 is 0 Å². The highest BCUT2D eigenvalue weighted by Gasteiger charge is 2.24. The first-order valence-corrected chi connectivity index (χ1v) is 10.2. The van der Waals surface area contributed by atoms with Crippen LogP contribution in [0.1, 0.15) is 78.1 Å². The van der Waals surface area contributed by atoms with Crippen LogP contribution in [0.3, 0.4) is 0 Å². The molecule has 0 aliphatic rings. The molecule has 5 nitrogen and oxygen atoms in total. The van der Waals surface area contributed by atoms with Gasteiger partial charge < -0.3 is 9.47 Å². The highest BCUT2D eigenvalue weighted by Crippen LogP contribution is 2.10. The number of unbranched alkanes of at least 4 members (excludes halogenated alkanes) is 8. The van der Waals surface area contributed by atoms with Gasteiger partial charge in [-0.05, 0) is 19.8 Å². The fourth-order valence-electron chi connectivity index (χ4n) is 2.34. The molecule has 0 aliphatic carbocycles. The summed E-state index contributed by atoms with van der Waals surface area (Å²) >= 11 is 5.53. The maximum absolute atomic E-state index is 12.0. The fraction of sp³-hybridized carbons (Fsp3) is 0.895. The summed E-state index contributed by atoms with van der Waals surface area (Å²) in [7, 11) is 1.54. The van der Waals surface area contributed by atoms with E-state index in [1.165, 1.54) is 56.9 Å².